The van der Waals surface area contributed by atoms with Gasteiger partial charge in [0.15, 0.2) is 0 Å². The summed E-state index contributed by atoms with van der Waals surface area (Å²) in [6.07, 6.45) is 2.75. The fourth-order valence-electron chi connectivity index (χ4n) is 1.60. The Morgan fingerprint density at radius 2 is 2.55 bits per heavy atom. The molecule has 4 heteroatoms. The molecule has 4 nitrogen and oxygen atoms in total. The Balaban J connectivity index is 2.66. The second kappa shape index (κ2) is 3.19. The van der Waals surface area contributed by atoms with Crippen LogP contribution in [0.5, 0.6) is 0 Å². The van der Waals surface area contributed by atoms with Crippen LogP contribution in [0.1, 0.15) is 26.2 Å². The van der Waals surface area contributed by atoms with E-state index in [1.165, 1.54) is 0 Å². The van der Waals surface area contributed by atoms with E-state index in [1.807, 2.05) is 6.92 Å². The lowest BCUT2D eigenvalue weighted by molar-refractivity contribution is -0.127. The predicted molar refractivity (Wildman–Crippen MR) is 42.6 cm³/mol. The summed E-state index contributed by atoms with van der Waals surface area (Å²) in [5, 5.41) is 3.18. The van der Waals surface area contributed by atoms with Crippen LogP contribution in [0.15, 0.2) is 0 Å². The molecule has 1 aliphatic heterocycles. The van der Waals surface area contributed by atoms with Crippen molar-refractivity contribution in [2.75, 3.05) is 6.54 Å². The number of nitrogens with one attached hydrogen (secondary N) is 2. The molecular formula is C7H15N3O. The molecule has 1 fully saturated rings. The van der Waals surface area contributed by atoms with E-state index < -0.39 is 0 Å². The number of hydrogen-bond acceptors (Lipinski definition) is 3. The highest BCUT2D eigenvalue weighted by Gasteiger charge is 2.38. The highest BCUT2D eigenvalue weighted by atomic mass is 16.2. The standard InChI is InChI=1S/C7H15N3O/c1-2-7(6(11)10-8)4-3-5-9-7/h9H,2-5,8H2,1H3,(H,10,11)/t7-/m0/s1. The number of hydrazine groups is 1. The topological polar surface area (TPSA) is 67.2 Å². The van der Waals surface area contributed by atoms with Gasteiger partial charge in [-0.1, -0.05) is 6.92 Å². The van der Waals surface area contributed by atoms with Gasteiger partial charge in [-0.2, -0.15) is 0 Å². The Morgan fingerprint density at radius 3 is 2.91 bits per heavy atom. The molecule has 11 heavy (non-hydrogen) atoms. The quantitative estimate of drug-likeness (QED) is 0.288. The first kappa shape index (κ1) is 8.49. The lowest BCUT2D eigenvalue weighted by atomic mass is 9.93. The lowest BCUT2D eigenvalue weighted by Gasteiger charge is -2.25. The highest BCUT2D eigenvalue weighted by Crippen LogP contribution is 2.22. The number of carbonyl (C=O) groups is 1. The van der Waals surface area contributed by atoms with E-state index in [4.69, 9.17) is 5.84 Å². The summed E-state index contributed by atoms with van der Waals surface area (Å²) in [5.41, 5.74) is 1.82. The summed E-state index contributed by atoms with van der Waals surface area (Å²) in [4.78, 5) is 11.3. The number of nitrogens with two attached hydrogens (primary N) is 1. The van der Waals surface area contributed by atoms with E-state index >= 15 is 0 Å². The van der Waals surface area contributed by atoms with Crippen LogP contribution in [0, 0.1) is 0 Å². The zero-order valence-electron chi connectivity index (χ0n) is 6.81. The third-order valence-electron chi connectivity index (χ3n) is 2.41. The van der Waals surface area contributed by atoms with Crippen LogP contribution in [0.2, 0.25) is 0 Å². The maximum atomic E-state index is 11.3. The van der Waals surface area contributed by atoms with Crippen molar-refractivity contribution in [2.24, 2.45) is 5.84 Å². The predicted octanol–water partition coefficient (Wildman–Crippen LogP) is -0.491. The van der Waals surface area contributed by atoms with Crippen molar-refractivity contribution in [1.29, 1.82) is 0 Å². The van der Waals surface area contributed by atoms with Gasteiger partial charge in [0.1, 0.15) is 0 Å². The molecule has 0 saturated carbocycles. The lowest BCUT2D eigenvalue weighted by Crippen LogP contribution is -2.54. The van der Waals surface area contributed by atoms with Gasteiger partial charge in [0.05, 0.1) is 5.54 Å². The second-order valence-corrected chi connectivity index (χ2v) is 2.94. The zero-order valence-corrected chi connectivity index (χ0v) is 6.81. The van der Waals surface area contributed by atoms with Crippen LogP contribution >= 0.6 is 0 Å². The van der Waals surface area contributed by atoms with Crippen molar-refractivity contribution in [3.8, 4) is 0 Å². The Hall–Kier alpha value is -0.610. The van der Waals surface area contributed by atoms with Gasteiger partial charge in [0.25, 0.3) is 5.91 Å². The average Bonchev–Trinajstić information content (AvgIpc) is 2.52. The third-order valence-corrected chi connectivity index (χ3v) is 2.41. The van der Waals surface area contributed by atoms with E-state index in [-0.39, 0.29) is 11.4 Å². The first-order valence-electron chi connectivity index (χ1n) is 4.01. The molecule has 1 amide bonds. The van der Waals surface area contributed by atoms with Crippen molar-refractivity contribution in [2.45, 2.75) is 31.7 Å². The van der Waals surface area contributed by atoms with E-state index in [2.05, 4.69) is 10.7 Å². The minimum Gasteiger partial charge on any atom is -0.303 e. The fourth-order valence-corrected chi connectivity index (χ4v) is 1.60. The SMILES string of the molecule is CC[C@@]1(C(=O)NN)CCCN1. The van der Waals surface area contributed by atoms with Gasteiger partial charge in [-0.25, -0.2) is 5.84 Å². The molecule has 0 bridgehead atoms. The largest absolute Gasteiger partial charge is 0.303 e. The highest BCUT2D eigenvalue weighted by molar-refractivity contribution is 5.86. The first-order chi connectivity index (χ1) is 5.25. The van der Waals surface area contributed by atoms with Crippen molar-refractivity contribution in [1.82, 2.24) is 10.7 Å². The molecule has 0 aliphatic carbocycles. The summed E-state index contributed by atoms with van der Waals surface area (Å²) in [6.45, 7) is 2.91. The molecular weight excluding hydrogens is 142 g/mol. The van der Waals surface area contributed by atoms with Gasteiger partial charge in [-0.05, 0) is 25.8 Å². The van der Waals surface area contributed by atoms with Gasteiger partial charge < -0.3 is 5.32 Å². The van der Waals surface area contributed by atoms with Crippen molar-refractivity contribution in [3.05, 3.63) is 0 Å². The summed E-state index contributed by atoms with van der Waals surface area (Å²) >= 11 is 0. The summed E-state index contributed by atoms with van der Waals surface area (Å²) in [7, 11) is 0. The van der Waals surface area contributed by atoms with Crippen LogP contribution in [0.4, 0.5) is 0 Å². The Labute approximate surface area is 66.5 Å². The molecule has 1 saturated heterocycles. The smallest absolute Gasteiger partial charge is 0.254 e. The Kier molecular flexibility index (Phi) is 2.46. The fraction of sp³-hybridized carbons (Fsp3) is 0.857. The molecule has 0 spiro atoms. The molecule has 4 N–H and O–H groups in total. The van der Waals surface area contributed by atoms with E-state index in [9.17, 15) is 4.79 Å². The summed E-state index contributed by atoms with van der Waals surface area (Å²) < 4.78 is 0. The summed E-state index contributed by atoms with van der Waals surface area (Å²) in [5.74, 6) is 4.99. The van der Waals surface area contributed by atoms with E-state index in [0.717, 1.165) is 25.8 Å². The van der Waals surface area contributed by atoms with Gasteiger partial charge >= 0.3 is 0 Å². The molecule has 64 valence electrons. The minimum atomic E-state index is -0.380. The van der Waals surface area contributed by atoms with Crippen LogP contribution in [0.3, 0.4) is 0 Å². The van der Waals surface area contributed by atoms with Crippen molar-refractivity contribution in [3.63, 3.8) is 0 Å². The van der Waals surface area contributed by atoms with Gasteiger partial charge in [0.2, 0.25) is 0 Å². The summed E-state index contributed by atoms with van der Waals surface area (Å²) in [6, 6.07) is 0. The molecule has 1 heterocycles. The number of hydrogen-bond donors (Lipinski definition) is 3. The number of amides is 1. The molecule has 0 aromatic carbocycles. The molecule has 0 aromatic heterocycles. The number of carbonyl (C=O) groups excluding carboxylic acids is 1. The second-order valence-electron chi connectivity index (χ2n) is 2.94. The number of rotatable bonds is 2. The normalized spacial score (nSPS) is 30.4. The van der Waals surface area contributed by atoms with Crippen LogP contribution in [0.25, 0.3) is 0 Å². The van der Waals surface area contributed by atoms with Gasteiger partial charge in [-0.3, -0.25) is 10.2 Å². The maximum Gasteiger partial charge on any atom is 0.254 e. The van der Waals surface area contributed by atoms with Crippen LogP contribution < -0.4 is 16.6 Å². The Morgan fingerprint density at radius 1 is 1.82 bits per heavy atom. The maximum absolute atomic E-state index is 11.3. The van der Waals surface area contributed by atoms with Crippen molar-refractivity contribution >= 4 is 5.91 Å². The van der Waals surface area contributed by atoms with Crippen molar-refractivity contribution < 1.29 is 4.79 Å². The van der Waals surface area contributed by atoms with E-state index in [0.29, 0.717) is 0 Å². The van der Waals surface area contributed by atoms with Crippen LogP contribution in [-0.4, -0.2) is 18.0 Å². The third kappa shape index (κ3) is 1.36. The first-order valence-corrected chi connectivity index (χ1v) is 4.01. The average molecular weight is 157 g/mol. The van der Waals surface area contributed by atoms with Gasteiger partial charge in [-0.15, -0.1) is 0 Å². The van der Waals surface area contributed by atoms with E-state index in [1.54, 1.807) is 0 Å². The molecule has 0 unspecified atom stereocenters. The monoisotopic (exact) mass is 157 g/mol. The Bertz CT molecular complexity index is 152. The molecule has 0 radical (unpaired) electrons. The molecule has 1 aliphatic rings. The minimum absolute atomic E-state index is 0.0856. The molecule has 1 rings (SSSR count). The molecule has 1 atom stereocenters. The zero-order chi connectivity index (χ0) is 8.32. The molecule has 0 aromatic rings. The van der Waals surface area contributed by atoms with Crippen LogP contribution in [-0.2, 0) is 4.79 Å². The van der Waals surface area contributed by atoms with Gasteiger partial charge in [0, 0.05) is 0 Å².